The first-order chi connectivity index (χ1) is 10.0. The van der Waals surface area contributed by atoms with Gasteiger partial charge in [-0.1, -0.05) is 0 Å². The molecular weight excluding hydrogens is 280 g/mol. The summed E-state index contributed by atoms with van der Waals surface area (Å²) in [5, 5.41) is 34.7. The Kier molecular flexibility index (Phi) is 8.09. The number of hydrogen-bond acceptors (Lipinski definition) is 7. The van der Waals surface area contributed by atoms with Gasteiger partial charge in [0.2, 0.25) is 5.91 Å². The van der Waals surface area contributed by atoms with Crippen LogP contribution in [0.1, 0.15) is 13.3 Å². The minimum absolute atomic E-state index is 0.321. The van der Waals surface area contributed by atoms with Crippen LogP contribution in [0.4, 0.5) is 0 Å². The molecule has 0 aromatic carbocycles. The minimum Gasteiger partial charge on any atom is -0.394 e. The third kappa shape index (κ3) is 5.50. The first-order valence-corrected chi connectivity index (χ1v) is 7.13. The summed E-state index contributed by atoms with van der Waals surface area (Å²) >= 11 is 0. The van der Waals surface area contributed by atoms with Crippen LogP contribution in [0.25, 0.3) is 0 Å². The van der Waals surface area contributed by atoms with Crippen molar-refractivity contribution in [2.75, 3.05) is 33.4 Å². The Morgan fingerprint density at radius 1 is 1.24 bits per heavy atom. The number of rotatable bonds is 8. The maximum Gasteiger partial charge on any atom is 0.217 e. The normalized spacial score (nSPS) is 32.9. The van der Waals surface area contributed by atoms with Gasteiger partial charge in [-0.15, -0.1) is 0 Å². The molecule has 21 heavy (non-hydrogen) atoms. The van der Waals surface area contributed by atoms with Crippen molar-refractivity contribution >= 4 is 5.91 Å². The van der Waals surface area contributed by atoms with Crippen LogP contribution in [0.5, 0.6) is 0 Å². The van der Waals surface area contributed by atoms with E-state index >= 15 is 0 Å². The minimum atomic E-state index is -1.24. The zero-order valence-corrected chi connectivity index (χ0v) is 12.5. The molecule has 124 valence electrons. The van der Waals surface area contributed by atoms with Crippen LogP contribution in [0.15, 0.2) is 0 Å². The van der Waals surface area contributed by atoms with Crippen LogP contribution >= 0.6 is 0 Å². The van der Waals surface area contributed by atoms with Crippen molar-refractivity contribution in [1.82, 2.24) is 10.6 Å². The molecule has 1 aliphatic heterocycles. The third-order valence-corrected chi connectivity index (χ3v) is 3.44. The van der Waals surface area contributed by atoms with Crippen LogP contribution in [-0.4, -0.2) is 85.1 Å². The Bertz CT molecular complexity index is 317. The van der Waals surface area contributed by atoms with Gasteiger partial charge >= 0.3 is 0 Å². The molecule has 0 aromatic rings. The van der Waals surface area contributed by atoms with Crippen molar-refractivity contribution in [2.45, 2.75) is 43.8 Å². The van der Waals surface area contributed by atoms with E-state index in [1.807, 2.05) is 7.05 Å². The molecule has 1 aliphatic rings. The monoisotopic (exact) mass is 306 g/mol. The first-order valence-electron chi connectivity index (χ1n) is 7.13. The van der Waals surface area contributed by atoms with E-state index in [2.05, 4.69) is 10.6 Å². The zero-order chi connectivity index (χ0) is 15.8. The third-order valence-electron chi connectivity index (χ3n) is 3.44. The number of aliphatic hydroxyl groups excluding tert-OH is 3. The lowest BCUT2D eigenvalue weighted by atomic mass is 9.91. The molecule has 0 spiro atoms. The summed E-state index contributed by atoms with van der Waals surface area (Å²) in [4.78, 5) is 11.2. The first kappa shape index (κ1) is 18.3. The molecule has 1 saturated heterocycles. The summed E-state index contributed by atoms with van der Waals surface area (Å²) in [6, 6.07) is -0.729. The summed E-state index contributed by atoms with van der Waals surface area (Å²) in [6.45, 7) is 2.59. The second-order valence-electron chi connectivity index (χ2n) is 5.11. The molecule has 1 fully saturated rings. The molecule has 0 aromatic heterocycles. The van der Waals surface area contributed by atoms with Gasteiger partial charge < -0.3 is 35.4 Å². The lowest BCUT2D eigenvalue weighted by molar-refractivity contribution is -0.198. The number of amides is 1. The van der Waals surface area contributed by atoms with E-state index in [0.717, 1.165) is 6.54 Å². The Balaban J connectivity index is 2.58. The van der Waals surface area contributed by atoms with Crippen LogP contribution in [0, 0.1) is 0 Å². The van der Waals surface area contributed by atoms with Gasteiger partial charge in [-0.25, -0.2) is 0 Å². The van der Waals surface area contributed by atoms with Crippen molar-refractivity contribution in [2.24, 2.45) is 0 Å². The van der Waals surface area contributed by atoms with Crippen molar-refractivity contribution in [3.8, 4) is 0 Å². The molecule has 1 rings (SSSR count). The van der Waals surface area contributed by atoms with E-state index in [9.17, 15) is 20.1 Å². The lowest BCUT2D eigenvalue weighted by Gasteiger charge is -2.42. The van der Waals surface area contributed by atoms with Gasteiger partial charge in [-0.3, -0.25) is 4.79 Å². The molecule has 8 heteroatoms. The standard InChI is InChI=1S/C13H26N2O6/c1-8(17)15-11-9(3-5-20-6-4-14-2)21-10(7-16)12(18)13(11)19/h9-14,16,18-19H,3-7H2,1-2H3,(H,15,17)/t9-,10?,11+,12?,13?/m1/s1. The number of carbonyl (C=O) groups excluding carboxylic acids is 1. The van der Waals surface area contributed by atoms with Crippen LogP contribution in [0.2, 0.25) is 0 Å². The highest BCUT2D eigenvalue weighted by atomic mass is 16.5. The van der Waals surface area contributed by atoms with Gasteiger partial charge in [-0.2, -0.15) is 0 Å². The van der Waals surface area contributed by atoms with E-state index in [0.29, 0.717) is 19.6 Å². The van der Waals surface area contributed by atoms with E-state index in [-0.39, 0.29) is 5.91 Å². The summed E-state index contributed by atoms with van der Waals surface area (Å²) in [5.41, 5.74) is 0. The molecule has 1 heterocycles. The molecule has 0 bridgehead atoms. The van der Waals surface area contributed by atoms with Gasteiger partial charge in [-0.05, 0) is 13.5 Å². The zero-order valence-electron chi connectivity index (χ0n) is 12.5. The van der Waals surface area contributed by atoms with Crippen molar-refractivity contribution < 1.29 is 29.6 Å². The fourth-order valence-corrected chi connectivity index (χ4v) is 2.33. The fraction of sp³-hybridized carbons (Fsp3) is 0.923. The van der Waals surface area contributed by atoms with Gasteiger partial charge in [0.05, 0.1) is 25.4 Å². The number of carbonyl (C=O) groups is 1. The molecular formula is C13H26N2O6. The molecule has 0 aliphatic carbocycles. The Morgan fingerprint density at radius 2 is 1.95 bits per heavy atom. The maximum atomic E-state index is 11.2. The van der Waals surface area contributed by atoms with Crippen molar-refractivity contribution in [1.29, 1.82) is 0 Å². The van der Waals surface area contributed by atoms with Gasteiger partial charge in [0, 0.05) is 20.1 Å². The molecule has 5 N–H and O–H groups in total. The highest BCUT2D eigenvalue weighted by Crippen LogP contribution is 2.23. The molecule has 0 saturated carbocycles. The van der Waals surface area contributed by atoms with Crippen molar-refractivity contribution in [3.63, 3.8) is 0 Å². The van der Waals surface area contributed by atoms with E-state index in [4.69, 9.17) is 9.47 Å². The Morgan fingerprint density at radius 3 is 2.52 bits per heavy atom. The number of nitrogens with one attached hydrogen (secondary N) is 2. The van der Waals surface area contributed by atoms with Crippen LogP contribution in [-0.2, 0) is 14.3 Å². The van der Waals surface area contributed by atoms with Gasteiger partial charge in [0.25, 0.3) is 0 Å². The summed E-state index contributed by atoms with van der Waals surface area (Å²) < 4.78 is 11.0. The highest BCUT2D eigenvalue weighted by Gasteiger charge is 2.44. The summed E-state index contributed by atoms with van der Waals surface area (Å²) in [7, 11) is 1.82. The summed E-state index contributed by atoms with van der Waals surface area (Å²) in [5.74, 6) is -0.321. The smallest absolute Gasteiger partial charge is 0.217 e. The van der Waals surface area contributed by atoms with E-state index in [1.165, 1.54) is 6.92 Å². The van der Waals surface area contributed by atoms with Crippen LogP contribution < -0.4 is 10.6 Å². The molecule has 1 amide bonds. The summed E-state index contributed by atoms with van der Waals surface area (Å²) in [6.07, 6.45) is -3.39. The van der Waals surface area contributed by atoms with Gasteiger partial charge in [0.15, 0.2) is 0 Å². The van der Waals surface area contributed by atoms with Crippen LogP contribution in [0.3, 0.4) is 0 Å². The SMILES string of the molecule is CNCCOCC[C@H]1OC(CO)C(O)C(O)[C@H]1NC(C)=O. The molecule has 3 unspecified atom stereocenters. The number of aliphatic hydroxyl groups is 3. The highest BCUT2D eigenvalue weighted by molar-refractivity contribution is 5.73. The van der Waals surface area contributed by atoms with Crippen molar-refractivity contribution in [3.05, 3.63) is 0 Å². The topological polar surface area (TPSA) is 120 Å². The largest absolute Gasteiger partial charge is 0.394 e. The second-order valence-corrected chi connectivity index (χ2v) is 5.11. The number of likely N-dealkylation sites (N-methyl/N-ethyl adjacent to an activating group) is 1. The van der Waals surface area contributed by atoms with E-state index in [1.54, 1.807) is 0 Å². The molecule has 8 nitrogen and oxygen atoms in total. The maximum absolute atomic E-state index is 11.2. The van der Waals surface area contributed by atoms with Gasteiger partial charge in [0.1, 0.15) is 18.3 Å². The average Bonchev–Trinajstić information content (AvgIpc) is 2.45. The quantitative estimate of drug-likeness (QED) is 0.317. The second kappa shape index (κ2) is 9.29. The predicted octanol–water partition coefficient (Wildman–Crippen LogP) is -2.40. The fourth-order valence-electron chi connectivity index (χ4n) is 2.33. The number of ether oxygens (including phenoxy) is 2. The molecule has 5 atom stereocenters. The Labute approximate surface area is 124 Å². The lowest BCUT2D eigenvalue weighted by Crippen LogP contribution is -2.64. The predicted molar refractivity (Wildman–Crippen MR) is 74.7 cm³/mol. The Hall–Kier alpha value is -0.770. The average molecular weight is 306 g/mol. The molecule has 0 radical (unpaired) electrons. The number of hydrogen-bond donors (Lipinski definition) is 5. The van der Waals surface area contributed by atoms with E-state index < -0.39 is 37.1 Å².